The normalized spacial score (nSPS) is 22.6. The Bertz CT molecular complexity index is 441. The molecular weight excluding hydrogens is 262 g/mol. The average molecular weight is 287 g/mol. The Morgan fingerprint density at radius 1 is 1.37 bits per heavy atom. The van der Waals surface area contributed by atoms with Crippen molar-refractivity contribution in [3.8, 4) is 0 Å². The number of likely N-dealkylation sites (tertiary alicyclic amines) is 1. The lowest BCUT2D eigenvalue weighted by atomic mass is 9.68. The third-order valence-electron chi connectivity index (χ3n) is 4.21. The highest BCUT2D eigenvalue weighted by atomic mass is 32.2. The minimum Gasteiger partial charge on any atom is -0.357 e. The van der Waals surface area contributed by atoms with Crippen LogP contribution in [0.15, 0.2) is 4.99 Å². The van der Waals surface area contributed by atoms with Gasteiger partial charge < -0.3 is 10.2 Å². The molecule has 5 nitrogen and oxygen atoms in total. The predicted octanol–water partition coefficient (Wildman–Crippen LogP) is 0.873. The van der Waals surface area contributed by atoms with Gasteiger partial charge in [0.1, 0.15) is 9.84 Å². The van der Waals surface area contributed by atoms with Crippen LogP contribution in [-0.4, -0.2) is 57.5 Å². The van der Waals surface area contributed by atoms with Gasteiger partial charge in [0.15, 0.2) is 5.96 Å². The number of rotatable bonds is 4. The van der Waals surface area contributed by atoms with Gasteiger partial charge >= 0.3 is 0 Å². The zero-order chi connectivity index (χ0) is 13.9. The molecule has 0 radical (unpaired) electrons. The van der Waals surface area contributed by atoms with E-state index in [9.17, 15) is 8.42 Å². The SMILES string of the molecule is CCNC(=NCCS(C)(=O)=O)N1CCC2(CCC2)C1. The number of guanidine groups is 1. The molecule has 0 aromatic rings. The van der Waals surface area contributed by atoms with Crippen LogP contribution in [0.3, 0.4) is 0 Å². The summed E-state index contributed by atoms with van der Waals surface area (Å²) in [6.45, 7) is 5.34. The molecule has 6 heteroatoms. The van der Waals surface area contributed by atoms with Gasteiger partial charge in [0, 0.05) is 25.9 Å². The molecular formula is C13H25N3O2S. The topological polar surface area (TPSA) is 61.8 Å². The van der Waals surface area contributed by atoms with E-state index in [2.05, 4.69) is 15.2 Å². The first-order valence-corrected chi connectivity index (χ1v) is 9.21. The molecule has 1 spiro atoms. The number of hydrogen-bond acceptors (Lipinski definition) is 3. The lowest BCUT2D eigenvalue weighted by Crippen LogP contribution is -2.42. The van der Waals surface area contributed by atoms with Gasteiger partial charge in [-0.1, -0.05) is 6.42 Å². The van der Waals surface area contributed by atoms with Crippen LogP contribution in [0.1, 0.15) is 32.6 Å². The van der Waals surface area contributed by atoms with Crippen molar-refractivity contribution in [1.29, 1.82) is 0 Å². The molecule has 2 aliphatic rings. The van der Waals surface area contributed by atoms with Crippen LogP contribution in [0, 0.1) is 5.41 Å². The summed E-state index contributed by atoms with van der Waals surface area (Å²) in [7, 11) is -2.93. The van der Waals surface area contributed by atoms with Crippen LogP contribution in [0.2, 0.25) is 0 Å². The fourth-order valence-corrected chi connectivity index (χ4v) is 3.37. The highest BCUT2D eigenvalue weighted by Gasteiger charge is 2.43. The molecule has 19 heavy (non-hydrogen) atoms. The largest absolute Gasteiger partial charge is 0.357 e. The van der Waals surface area contributed by atoms with E-state index in [0.29, 0.717) is 12.0 Å². The lowest BCUT2D eigenvalue weighted by Gasteiger charge is -2.38. The number of hydrogen-bond donors (Lipinski definition) is 1. The first kappa shape index (κ1) is 14.6. The quantitative estimate of drug-likeness (QED) is 0.616. The third-order valence-corrected chi connectivity index (χ3v) is 5.13. The smallest absolute Gasteiger partial charge is 0.193 e. The molecule has 1 aliphatic carbocycles. The Kier molecular flexibility index (Phi) is 4.38. The van der Waals surface area contributed by atoms with Crippen molar-refractivity contribution in [2.75, 3.05) is 38.2 Å². The van der Waals surface area contributed by atoms with Crippen LogP contribution >= 0.6 is 0 Å². The summed E-state index contributed by atoms with van der Waals surface area (Å²) in [5.41, 5.74) is 0.535. The van der Waals surface area contributed by atoms with Gasteiger partial charge in [-0.2, -0.15) is 0 Å². The molecule has 0 aromatic carbocycles. The molecule has 0 atom stereocenters. The fourth-order valence-electron chi connectivity index (χ4n) is 2.94. The first-order chi connectivity index (χ1) is 8.94. The van der Waals surface area contributed by atoms with Crippen LogP contribution in [0.5, 0.6) is 0 Å². The predicted molar refractivity (Wildman–Crippen MR) is 78.2 cm³/mol. The van der Waals surface area contributed by atoms with Crippen molar-refractivity contribution in [2.24, 2.45) is 10.4 Å². The van der Waals surface area contributed by atoms with Crippen molar-refractivity contribution >= 4 is 15.8 Å². The number of nitrogens with one attached hydrogen (secondary N) is 1. The summed E-state index contributed by atoms with van der Waals surface area (Å²) in [6, 6.07) is 0. The number of nitrogens with zero attached hydrogens (tertiary/aromatic N) is 2. The van der Waals surface area contributed by atoms with Crippen LogP contribution in [0.4, 0.5) is 0 Å². The van der Waals surface area contributed by atoms with E-state index in [1.807, 2.05) is 6.92 Å². The van der Waals surface area contributed by atoms with E-state index in [4.69, 9.17) is 0 Å². The zero-order valence-electron chi connectivity index (χ0n) is 12.0. The van der Waals surface area contributed by atoms with Crippen molar-refractivity contribution in [3.05, 3.63) is 0 Å². The molecule has 0 bridgehead atoms. The molecule has 1 saturated heterocycles. The molecule has 2 fully saturated rings. The van der Waals surface area contributed by atoms with E-state index in [-0.39, 0.29) is 5.75 Å². The number of sulfone groups is 1. The molecule has 110 valence electrons. The molecule has 0 amide bonds. The van der Waals surface area contributed by atoms with E-state index < -0.39 is 9.84 Å². The maximum Gasteiger partial charge on any atom is 0.193 e. The number of aliphatic imine (C=N–C) groups is 1. The minimum absolute atomic E-state index is 0.126. The molecule has 1 heterocycles. The monoisotopic (exact) mass is 287 g/mol. The first-order valence-electron chi connectivity index (χ1n) is 7.15. The van der Waals surface area contributed by atoms with Gasteiger partial charge in [0.05, 0.1) is 12.3 Å². The molecule has 1 saturated carbocycles. The Hall–Kier alpha value is -0.780. The molecule has 0 unspecified atom stereocenters. The van der Waals surface area contributed by atoms with E-state index >= 15 is 0 Å². The second-order valence-electron chi connectivity index (χ2n) is 5.89. The van der Waals surface area contributed by atoms with Crippen LogP contribution in [0.25, 0.3) is 0 Å². The summed E-state index contributed by atoms with van der Waals surface area (Å²) in [5.74, 6) is 1.01. The third kappa shape index (κ3) is 3.84. The Morgan fingerprint density at radius 2 is 2.11 bits per heavy atom. The lowest BCUT2D eigenvalue weighted by molar-refractivity contribution is 0.151. The fraction of sp³-hybridized carbons (Fsp3) is 0.923. The molecule has 1 aliphatic heterocycles. The Labute approximate surface area is 116 Å². The van der Waals surface area contributed by atoms with Crippen LogP contribution in [-0.2, 0) is 9.84 Å². The second kappa shape index (κ2) is 5.69. The summed E-state index contributed by atoms with van der Waals surface area (Å²) in [5, 5.41) is 3.28. The highest BCUT2D eigenvalue weighted by Crippen LogP contribution is 2.47. The van der Waals surface area contributed by atoms with E-state index in [0.717, 1.165) is 25.6 Å². The average Bonchev–Trinajstić information content (AvgIpc) is 2.71. The minimum atomic E-state index is -2.93. The zero-order valence-corrected chi connectivity index (χ0v) is 12.8. The molecule has 2 rings (SSSR count). The van der Waals surface area contributed by atoms with Crippen LogP contribution < -0.4 is 5.32 Å². The van der Waals surface area contributed by atoms with Gasteiger partial charge in [-0.15, -0.1) is 0 Å². The molecule has 1 N–H and O–H groups in total. The van der Waals surface area contributed by atoms with Crippen molar-refractivity contribution < 1.29 is 8.42 Å². The van der Waals surface area contributed by atoms with E-state index in [1.165, 1.54) is 31.9 Å². The summed E-state index contributed by atoms with van der Waals surface area (Å²) < 4.78 is 22.3. The summed E-state index contributed by atoms with van der Waals surface area (Å²) in [6.07, 6.45) is 6.55. The standard InChI is InChI=1S/C13H25N3O2S/c1-3-14-12(15-8-10-19(2,17)18)16-9-7-13(11-16)5-4-6-13/h3-11H2,1-2H3,(H,14,15). The maximum absolute atomic E-state index is 11.1. The van der Waals surface area contributed by atoms with E-state index in [1.54, 1.807) is 0 Å². The molecule has 0 aromatic heterocycles. The van der Waals surface area contributed by atoms with Gasteiger partial charge in [-0.05, 0) is 31.6 Å². The van der Waals surface area contributed by atoms with Gasteiger partial charge in [-0.25, -0.2) is 8.42 Å². The Morgan fingerprint density at radius 3 is 2.58 bits per heavy atom. The summed E-state index contributed by atoms with van der Waals surface area (Å²) in [4.78, 5) is 6.75. The Balaban J connectivity index is 1.93. The van der Waals surface area contributed by atoms with Gasteiger partial charge in [0.25, 0.3) is 0 Å². The van der Waals surface area contributed by atoms with Crippen molar-refractivity contribution in [2.45, 2.75) is 32.6 Å². The summed E-state index contributed by atoms with van der Waals surface area (Å²) >= 11 is 0. The highest BCUT2D eigenvalue weighted by molar-refractivity contribution is 7.90. The van der Waals surface area contributed by atoms with Crippen molar-refractivity contribution in [1.82, 2.24) is 10.2 Å². The van der Waals surface area contributed by atoms with Crippen molar-refractivity contribution in [3.63, 3.8) is 0 Å². The van der Waals surface area contributed by atoms with Gasteiger partial charge in [0.2, 0.25) is 0 Å². The van der Waals surface area contributed by atoms with Gasteiger partial charge in [-0.3, -0.25) is 4.99 Å². The second-order valence-corrected chi connectivity index (χ2v) is 8.15. The maximum atomic E-state index is 11.1.